The van der Waals surface area contributed by atoms with E-state index in [1.165, 1.54) is 24.1 Å². The summed E-state index contributed by atoms with van der Waals surface area (Å²) >= 11 is 1.87. The van der Waals surface area contributed by atoms with Crippen LogP contribution in [0.15, 0.2) is 17.5 Å². The summed E-state index contributed by atoms with van der Waals surface area (Å²) in [5.74, 6) is 0.807. The van der Waals surface area contributed by atoms with Crippen LogP contribution in [0.4, 0.5) is 0 Å². The third kappa shape index (κ3) is 3.43. The molecule has 1 rings (SSSR count). The van der Waals surface area contributed by atoms with Crippen molar-refractivity contribution in [3.63, 3.8) is 0 Å². The first-order valence-electron chi connectivity index (χ1n) is 5.47. The van der Waals surface area contributed by atoms with Crippen molar-refractivity contribution >= 4 is 11.3 Å². The van der Waals surface area contributed by atoms with E-state index >= 15 is 0 Å². The molecule has 1 aromatic rings. The Morgan fingerprint density at radius 2 is 2.29 bits per heavy atom. The Balaban J connectivity index is 2.34. The molecule has 0 aromatic carbocycles. The van der Waals surface area contributed by atoms with Gasteiger partial charge in [-0.15, -0.1) is 11.3 Å². The standard InChI is InChI=1S/C12H21NS/c1-4-11(10(2)13-3)7-8-12-6-5-9-14-12/h5-6,9-11,13H,4,7-8H2,1-3H3. The van der Waals surface area contributed by atoms with E-state index in [2.05, 4.69) is 43.7 Å². The van der Waals surface area contributed by atoms with Gasteiger partial charge in [-0.2, -0.15) is 0 Å². The van der Waals surface area contributed by atoms with Gasteiger partial charge in [0.25, 0.3) is 0 Å². The van der Waals surface area contributed by atoms with Crippen LogP contribution in [0.25, 0.3) is 0 Å². The summed E-state index contributed by atoms with van der Waals surface area (Å²) in [5, 5.41) is 5.51. The molecular formula is C12H21NS. The summed E-state index contributed by atoms with van der Waals surface area (Å²) in [7, 11) is 2.05. The van der Waals surface area contributed by atoms with Crippen LogP contribution in [0.2, 0.25) is 0 Å². The lowest BCUT2D eigenvalue weighted by atomic mass is 9.93. The predicted molar refractivity (Wildman–Crippen MR) is 64.9 cm³/mol. The molecule has 0 spiro atoms. The van der Waals surface area contributed by atoms with Gasteiger partial charge in [0, 0.05) is 10.9 Å². The highest BCUT2D eigenvalue weighted by atomic mass is 32.1. The van der Waals surface area contributed by atoms with E-state index in [9.17, 15) is 0 Å². The van der Waals surface area contributed by atoms with E-state index in [-0.39, 0.29) is 0 Å². The molecule has 80 valence electrons. The van der Waals surface area contributed by atoms with E-state index in [0.29, 0.717) is 6.04 Å². The van der Waals surface area contributed by atoms with Crippen molar-refractivity contribution in [1.29, 1.82) is 0 Å². The van der Waals surface area contributed by atoms with E-state index in [0.717, 1.165) is 5.92 Å². The van der Waals surface area contributed by atoms with Gasteiger partial charge in [0.15, 0.2) is 0 Å². The lowest BCUT2D eigenvalue weighted by Gasteiger charge is -2.21. The minimum Gasteiger partial charge on any atom is -0.317 e. The minimum absolute atomic E-state index is 0.639. The minimum atomic E-state index is 0.639. The summed E-state index contributed by atoms with van der Waals surface area (Å²) in [4.78, 5) is 1.52. The zero-order chi connectivity index (χ0) is 10.4. The molecule has 2 unspecified atom stereocenters. The van der Waals surface area contributed by atoms with Crippen LogP contribution in [-0.4, -0.2) is 13.1 Å². The van der Waals surface area contributed by atoms with Crippen LogP contribution in [0, 0.1) is 5.92 Å². The average molecular weight is 211 g/mol. The fraction of sp³-hybridized carbons (Fsp3) is 0.667. The molecule has 2 heteroatoms. The molecule has 0 aliphatic heterocycles. The van der Waals surface area contributed by atoms with Gasteiger partial charge in [-0.1, -0.05) is 19.4 Å². The van der Waals surface area contributed by atoms with Crippen LogP contribution >= 0.6 is 11.3 Å². The van der Waals surface area contributed by atoms with E-state index in [1.807, 2.05) is 11.3 Å². The maximum atomic E-state index is 3.35. The maximum Gasteiger partial charge on any atom is 0.00640 e. The van der Waals surface area contributed by atoms with Crippen molar-refractivity contribution in [2.75, 3.05) is 7.05 Å². The first kappa shape index (κ1) is 11.7. The number of aryl methyl sites for hydroxylation is 1. The Morgan fingerprint density at radius 1 is 1.50 bits per heavy atom. The molecule has 0 aliphatic carbocycles. The van der Waals surface area contributed by atoms with Gasteiger partial charge in [-0.05, 0) is 44.2 Å². The molecule has 1 nitrogen and oxygen atoms in total. The molecule has 1 heterocycles. The van der Waals surface area contributed by atoms with Crippen molar-refractivity contribution in [2.24, 2.45) is 5.92 Å². The Kier molecular flexibility index (Phi) is 5.20. The normalized spacial score (nSPS) is 15.4. The van der Waals surface area contributed by atoms with Gasteiger partial charge in [-0.3, -0.25) is 0 Å². The van der Waals surface area contributed by atoms with E-state index < -0.39 is 0 Å². The highest BCUT2D eigenvalue weighted by Crippen LogP contribution is 2.19. The molecular weight excluding hydrogens is 190 g/mol. The SMILES string of the molecule is CCC(CCc1cccs1)C(C)NC. The smallest absolute Gasteiger partial charge is 0.00640 e. The zero-order valence-electron chi connectivity index (χ0n) is 9.42. The molecule has 1 N–H and O–H groups in total. The van der Waals surface area contributed by atoms with E-state index in [4.69, 9.17) is 0 Å². The third-order valence-corrected chi connectivity index (χ3v) is 3.96. The molecule has 1 aromatic heterocycles. The van der Waals surface area contributed by atoms with Gasteiger partial charge in [-0.25, -0.2) is 0 Å². The van der Waals surface area contributed by atoms with Crippen LogP contribution < -0.4 is 5.32 Å². The zero-order valence-corrected chi connectivity index (χ0v) is 10.2. The van der Waals surface area contributed by atoms with Crippen molar-refractivity contribution in [2.45, 2.75) is 39.2 Å². The molecule has 0 radical (unpaired) electrons. The van der Waals surface area contributed by atoms with Gasteiger partial charge < -0.3 is 5.32 Å². The second kappa shape index (κ2) is 6.20. The van der Waals surface area contributed by atoms with Crippen molar-refractivity contribution in [3.8, 4) is 0 Å². The quantitative estimate of drug-likeness (QED) is 0.761. The van der Waals surface area contributed by atoms with Gasteiger partial charge in [0.2, 0.25) is 0 Å². The largest absolute Gasteiger partial charge is 0.317 e. The van der Waals surface area contributed by atoms with Gasteiger partial charge >= 0.3 is 0 Å². The summed E-state index contributed by atoms with van der Waals surface area (Å²) in [5.41, 5.74) is 0. The van der Waals surface area contributed by atoms with Crippen molar-refractivity contribution in [3.05, 3.63) is 22.4 Å². The van der Waals surface area contributed by atoms with Gasteiger partial charge in [0.1, 0.15) is 0 Å². The summed E-state index contributed by atoms with van der Waals surface area (Å²) in [6.45, 7) is 4.56. The van der Waals surface area contributed by atoms with Crippen LogP contribution in [0.3, 0.4) is 0 Å². The first-order valence-corrected chi connectivity index (χ1v) is 6.35. The monoisotopic (exact) mass is 211 g/mol. The molecule has 0 fully saturated rings. The lowest BCUT2D eigenvalue weighted by Crippen LogP contribution is -2.30. The lowest BCUT2D eigenvalue weighted by molar-refractivity contribution is 0.361. The van der Waals surface area contributed by atoms with Crippen molar-refractivity contribution < 1.29 is 0 Å². The van der Waals surface area contributed by atoms with Crippen molar-refractivity contribution in [1.82, 2.24) is 5.32 Å². The predicted octanol–water partition coefficient (Wildman–Crippen LogP) is 3.31. The topological polar surface area (TPSA) is 12.0 Å². The molecule has 0 aliphatic rings. The molecule has 0 saturated carbocycles. The summed E-state index contributed by atoms with van der Waals surface area (Å²) in [6.07, 6.45) is 3.81. The fourth-order valence-corrected chi connectivity index (χ4v) is 2.55. The number of hydrogen-bond donors (Lipinski definition) is 1. The van der Waals surface area contributed by atoms with E-state index in [1.54, 1.807) is 0 Å². The molecule has 0 amide bonds. The molecule has 0 saturated heterocycles. The number of rotatable bonds is 6. The highest BCUT2D eigenvalue weighted by molar-refractivity contribution is 7.09. The van der Waals surface area contributed by atoms with Crippen LogP contribution in [-0.2, 0) is 6.42 Å². The Labute approximate surface area is 91.5 Å². The molecule has 2 atom stereocenters. The second-order valence-electron chi connectivity index (χ2n) is 3.86. The average Bonchev–Trinajstić information content (AvgIpc) is 2.71. The van der Waals surface area contributed by atoms with Crippen LogP contribution in [0.5, 0.6) is 0 Å². The molecule has 0 bridgehead atoms. The number of hydrogen-bond acceptors (Lipinski definition) is 2. The highest BCUT2D eigenvalue weighted by Gasteiger charge is 2.13. The second-order valence-corrected chi connectivity index (χ2v) is 4.90. The maximum absolute atomic E-state index is 3.35. The Hall–Kier alpha value is -0.340. The summed E-state index contributed by atoms with van der Waals surface area (Å²) in [6, 6.07) is 5.02. The first-order chi connectivity index (χ1) is 6.77. The number of thiophene rings is 1. The fourth-order valence-electron chi connectivity index (χ4n) is 1.83. The Bertz CT molecular complexity index is 230. The van der Waals surface area contributed by atoms with Crippen LogP contribution in [0.1, 0.15) is 31.6 Å². The third-order valence-electron chi connectivity index (χ3n) is 3.03. The summed E-state index contributed by atoms with van der Waals surface area (Å²) < 4.78 is 0. The number of nitrogens with one attached hydrogen (secondary N) is 1. The molecule has 14 heavy (non-hydrogen) atoms. The van der Waals surface area contributed by atoms with Gasteiger partial charge in [0.05, 0.1) is 0 Å². The Morgan fingerprint density at radius 3 is 2.79 bits per heavy atom.